The van der Waals surface area contributed by atoms with Crippen LogP contribution in [0.2, 0.25) is 0 Å². The summed E-state index contributed by atoms with van der Waals surface area (Å²) in [4.78, 5) is 0. The minimum atomic E-state index is -0.972. The molecule has 0 aromatic rings. The van der Waals surface area contributed by atoms with Crippen LogP contribution in [0.25, 0.3) is 0 Å². The summed E-state index contributed by atoms with van der Waals surface area (Å²) < 4.78 is 13.8. The highest BCUT2D eigenvalue weighted by molar-refractivity contribution is 7.84. The van der Waals surface area contributed by atoms with Crippen molar-refractivity contribution in [3.05, 3.63) is 0 Å². The third-order valence-electron chi connectivity index (χ3n) is 0.884. The molecule has 0 rings (SSSR count). The van der Waals surface area contributed by atoms with Crippen molar-refractivity contribution >= 4 is 22.6 Å². The molecule has 1 N–H and O–H groups in total. The molecule has 0 aliphatic rings. The van der Waals surface area contributed by atoms with E-state index in [0.29, 0.717) is 12.4 Å². The van der Waals surface area contributed by atoms with Crippen molar-refractivity contribution in [2.75, 3.05) is 12.4 Å². The van der Waals surface area contributed by atoms with Crippen LogP contribution in [0.1, 0.15) is 20.8 Å². The molecule has 1 atom stereocenters. The van der Waals surface area contributed by atoms with Gasteiger partial charge in [0.1, 0.15) is 0 Å². The lowest BCUT2D eigenvalue weighted by Gasteiger charge is -2.17. The second kappa shape index (κ2) is 4.31. The molecule has 10 heavy (non-hydrogen) atoms. The van der Waals surface area contributed by atoms with Crippen LogP contribution >= 0.6 is 11.6 Å². The van der Waals surface area contributed by atoms with Crippen molar-refractivity contribution in [1.29, 1.82) is 0 Å². The predicted octanol–water partition coefficient (Wildman–Crippen LogP) is 1.28. The van der Waals surface area contributed by atoms with E-state index in [4.69, 9.17) is 11.6 Å². The monoisotopic (exact) mass is 183 g/mol. The minimum Gasteiger partial charge on any atom is -0.242 e. The highest BCUT2D eigenvalue weighted by Gasteiger charge is 2.18. The van der Waals surface area contributed by atoms with Crippen LogP contribution in [0.3, 0.4) is 0 Å². The molecule has 0 saturated carbocycles. The molecule has 4 heteroatoms. The second-order valence-corrected chi connectivity index (χ2v) is 5.39. The molecule has 0 aromatic heterocycles. The van der Waals surface area contributed by atoms with Crippen molar-refractivity contribution in [3.8, 4) is 0 Å². The van der Waals surface area contributed by atoms with Gasteiger partial charge >= 0.3 is 0 Å². The van der Waals surface area contributed by atoms with Crippen LogP contribution in [0.5, 0.6) is 0 Å². The Balaban J connectivity index is 3.64. The Morgan fingerprint density at radius 3 is 2.30 bits per heavy atom. The van der Waals surface area contributed by atoms with E-state index in [2.05, 4.69) is 4.72 Å². The SMILES string of the molecule is CC(C)(C)[S@](=O)NCCCl. The van der Waals surface area contributed by atoms with E-state index in [1.807, 2.05) is 20.8 Å². The molecule has 0 spiro atoms. The largest absolute Gasteiger partial charge is 0.242 e. The molecule has 0 aliphatic heterocycles. The Bertz CT molecular complexity index is 121. The van der Waals surface area contributed by atoms with Crippen LogP contribution in [-0.4, -0.2) is 21.4 Å². The fourth-order valence-corrected chi connectivity index (χ4v) is 1.27. The van der Waals surface area contributed by atoms with Gasteiger partial charge in [-0.25, -0.2) is 8.93 Å². The number of hydrogen-bond acceptors (Lipinski definition) is 1. The standard InChI is InChI=1S/C6H14ClNOS/c1-6(2,3)10(9)8-5-4-7/h8H,4-5H2,1-3H3/t10-/m0/s1. The predicted molar refractivity (Wildman–Crippen MR) is 46.6 cm³/mol. The lowest BCUT2D eigenvalue weighted by atomic mass is 10.3. The first-order valence-corrected chi connectivity index (χ1v) is 4.88. The van der Waals surface area contributed by atoms with Gasteiger partial charge in [-0.3, -0.25) is 0 Å². The summed E-state index contributed by atoms with van der Waals surface area (Å²) in [5.74, 6) is 0.502. The van der Waals surface area contributed by atoms with Crippen LogP contribution < -0.4 is 4.72 Å². The van der Waals surface area contributed by atoms with E-state index in [0.717, 1.165) is 0 Å². The van der Waals surface area contributed by atoms with E-state index in [-0.39, 0.29) is 4.75 Å². The zero-order chi connectivity index (χ0) is 8.20. The lowest BCUT2D eigenvalue weighted by molar-refractivity contribution is 0.638. The van der Waals surface area contributed by atoms with Crippen LogP contribution in [0.15, 0.2) is 0 Å². The molecule has 62 valence electrons. The fourth-order valence-electron chi connectivity index (χ4n) is 0.348. The molecule has 0 fully saturated rings. The van der Waals surface area contributed by atoms with Crippen LogP contribution in [-0.2, 0) is 11.0 Å². The molecule has 0 saturated heterocycles. The summed E-state index contributed by atoms with van der Waals surface area (Å²) in [5, 5.41) is 0. The topological polar surface area (TPSA) is 29.1 Å². The first-order valence-electron chi connectivity index (χ1n) is 3.20. The van der Waals surface area contributed by atoms with Gasteiger partial charge in [0.05, 0.1) is 15.7 Å². The Kier molecular flexibility index (Phi) is 4.49. The van der Waals surface area contributed by atoms with Gasteiger partial charge in [0.15, 0.2) is 0 Å². The first kappa shape index (κ1) is 10.4. The second-order valence-electron chi connectivity index (χ2n) is 2.96. The smallest absolute Gasteiger partial charge is 0.0970 e. The number of alkyl halides is 1. The summed E-state index contributed by atoms with van der Waals surface area (Å²) >= 11 is 5.40. The van der Waals surface area contributed by atoms with Crippen molar-refractivity contribution < 1.29 is 4.21 Å². The first-order chi connectivity index (χ1) is 4.48. The zero-order valence-electron chi connectivity index (χ0n) is 6.61. The zero-order valence-corrected chi connectivity index (χ0v) is 8.18. The van der Waals surface area contributed by atoms with Gasteiger partial charge in [0.2, 0.25) is 0 Å². The maximum absolute atomic E-state index is 11.2. The molecular formula is C6H14ClNOS. The van der Waals surface area contributed by atoms with Gasteiger partial charge in [-0.2, -0.15) is 0 Å². The highest BCUT2D eigenvalue weighted by Crippen LogP contribution is 2.07. The molecule has 0 unspecified atom stereocenters. The van der Waals surface area contributed by atoms with Gasteiger partial charge in [-0.1, -0.05) is 0 Å². The molecule has 2 nitrogen and oxygen atoms in total. The number of halogens is 1. The third kappa shape index (κ3) is 4.25. The van der Waals surface area contributed by atoms with Crippen molar-refractivity contribution in [3.63, 3.8) is 0 Å². The molecule has 0 amide bonds. The van der Waals surface area contributed by atoms with Crippen molar-refractivity contribution in [2.24, 2.45) is 0 Å². The Hall–Kier alpha value is 0.400. The van der Waals surface area contributed by atoms with E-state index in [9.17, 15) is 4.21 Å². The minimum absolute atomic E-state index is 0.188. The Morgan fingerprint density at radius 2 is 2.00 bits per heavy atom. The normalized spacial score (nSPS) is 15.2. The van der Waals surface area contributed by atoms with E-state index >= 15 is 0 Å². The Labute approximate surface area is 69.9 Å². The maximum Gasteiger partial charge on any atom is 0.0970 e. The van der Waals surface area contributed by atoms with Crippen molar-refractivity contribution in [1.82, 2.24) is 4.72 Å². The summed E-state index contributed by atoms with van der Waals surface area (Å²) in [5.41, 5.74) is 0. The molecule has 0 aromatic carbocycles. The van der Waals surface area contributed by atoms with Gasteiger partial charge in [-0.05, 0) is 20.8 Å². The molecular weight excluding hydrogens is 170 g/mol. The quantitative estimate of drug-likeness (QED) is 0.657. The van der Waals surface area contributed by atoms with Gasteiger partial charge < -0.3 is 0 Å². The van der Waals surface area contributed by atoms with Crippen LogP contribution in [0.4, 0.5) is 0 Å². The number of hydrogen-bond donors (Lipinski definition) is 1. The Morgan fingerprint density at radius 1 is 1.50 bits per heavy atom. The van der Waals surface area contributed by atoms with Gasteiger partial charge in [0.25, 0.3) is 0 Å². The van der Waals surface area contributed by atoms with Crippen molar-refractivity contribution in [2.45, 2.75) is 25.5 Å². The van der Waals surface area contributed by atoms with Crippen LogP contribution in [0, 0.1) is 0 Å². The maximum atomic E-state index is 11.2. The molecule has 0 bridgehead atoms. The average Bonchev–Trinajstić information content (AvgIpc) is 1.80. The number of nitrogens with one attached hydrogen (secondary N) is 1. The molecule has 0 heterocycles. The van der Waals surface area contributed by atoms with Gasteiger partial charge in [0, 0.05) is 12.4 Å². The van der Waals surface area contributed by atoms with E-state index < -0.39 is 11.0 Å². The third-order valence-corrected chi connectivity index (χ3v) is 2.65. The fraction of sp³-hybridized carbons (Fsp3) is 1.00. The molecule has 0 aliphatic carbocycles. The molecule has 0 radical (unpaired) electrons. The van der Waals surface area contributed by atoms with E-state index in [1.54, 1.807) is 0 Å². The average molecular weight is 184 g/mol. The summed E-state index contributed by atoms with van der Waals surface area (Å²) in [6.07, 6.45) is 0. The summed E-state index contributed by atoms with van der Waals surface area (Å²) in [6, 6.07) is 0. The lowest BCUT2D eigenvalue weighted by Crippen LogP contribution is -2.34. The summed E-state index contributed by atoms with van der Waals surface area (Å²) in [6.45, 7) is 6.37. The van der Waals surface area contributed by atoms with E-state index in [1.165, 1.54) is 0 Å². The number of rotatable bonds is 3. The van der Waals surface area contributed by atoms with Gasteiger partial charge in [-0.15, -0.1) is 11.6 Å². The summed E-state index contributed by atoms with van der Waals surface area (Å²) in [7, 11) is -0.972. The highest BCUT2D eigenvalue weighted by atomic mass is 35.5.